The summed E-state index contributed by atoms with van der Waals surface area (Å²) in [7, 11) is 1.98. The average Bonchev–Trinajstić information content (AvgIpc) is 2.46. The SMILES string of the molecule is CNC1c2cnoc2CC1C. The number of nitrogens with one attached hydrogen (secondary N) is 1. The fourth-order valence-corrected chi connectivity index (χ4v) is 1.84. The third kappa shape index (κ3) is 0.878. The van der Waals surface area contributed by atoms with Crippen LogP contribution in [0, 0.1) is 5.92 Å². The van der Waals surface area contributed by atoms with Crippen molar-refractivity contribution in [2.45, 2.75) is 19.4 Å². The van der Waals surface area contributed by atoms with Gasteiger partial charge in [0.1, 0.15) is 5.76 Å². The molecule has 1 aromatic rings. The molecule has 0 bridgehead atoms. The Balaban J connectivity index is 2.35. The Hall–Kier alpha value is -0.830. The largest absolute Gasteiger partial charge is 0.361 e. The molecule has 1 aliphatic rings. The molecular weight excluding hydrogens is 140 g/mol. The van der Waals surface area contributed by atoms with Gasteiger partial charge in [-0.25, -0.2) is 0 Å². The van der Waals surface area contributed by atoms with Crippen molar-refractivity contribution < 1.29 is 4.52 Å². The average molecular weight is 152 g/mol. The van der Waals surface area contributed by atoms with Crippen molar-refractivity contribution in [3.63, 3.8) is 0 Å². The van der Waals surface area contributed by atoms with E-state index in [1.165, 1.54) is 5.56 Å². The van der Waals surface area contributed by atoms with E-state index >= 15 is 0 Å². The Morgan fingerprint density at radius 1 is 1.73 bits per heavy atom. The van der Waals surface area contributed by atoms with Crippen LogP contribution < -0.4 is 5.32 Å². The van der Waals surface area contributed by atoms with E-state index in [0.717, 1.165) is 12.2 Å². The summed E-state index contributed by atoms with van der Waals surface area (Å²) in [5.74, 6) is 1.69. The van der Waals surface area contributed by atoms with Crippen LogP contribution in [-0.4, -0.2) is 12.2 Å². The van der Waals surface area contributed by atoms with E-state index in [1.54, 1.807) is 0 Å². The smallest absolute Gasteiger partial charge is 0.141 e. The number of fused-ring (bicyclic) bond motifs is 1. The molecule has 2 atom stereocenters. The Morgan fingerprint density at radius 3 is 3.27 bits per heavy atom. The highest BCUT2D eigenvalue weighted by molar-refractivity contribution is 5.25. The highest BCUT2D eigenvalue weighted by atomic mass is 16.5. The fourth-order valence-electron chi connectivity index (χ4n) is 1.84. The second-order valence-electron chi connectivity index (χ2n) is 3.15. The lowest BCUT2D eigenvalue weighted by molar-refractivity contribution is 0.363. The standard InChI is InChI=1S/C8H12N2O/c1-5-3-7-6(4-10-11-7)8(5)9-2/h4-5,8-9H,3H2,1-2H3. The summed E-state index contributed by atoms with van der Waals surface area (Å²) in [4.78, 5) is 0. The maximum Gasteiger partial charge on any atom is 0.141 e. The minimum atomic E-state index is 0.441. The van der Waals surface area contributed by atoms with Crippen LogP contribution >= 0.6 is 0 Å². The van der Waals surface area contributed by atoms with Crippen LogP contribution in [0.2, 0.25) is 0 Å². The Labute approximate surface area is 65.8 Å². The summed E-state index contributed by atoms with van der Waals surface area (Å²) in [6.07, 6.45) is 2.83. The molecule has 0 saturated heterocycles. The van der Waals surface area contributed by atoms with Crippen molar-refractivity contribution in [1.82, 2.24) is 10.5 Å². The van der Waals surface area contributed by atoms with Crippen LogP contribution in [0.4, 0.5) is 0 Å². The quantitative estimate of drug-likeness (QED) is 0.655. The van der Waals surface area contributed by atoms with E-state index in [4.69, 9.17) is 4.52 Å². The summed E-state index contributed by atoms with van der Waals surface area (Å²) in [5.41, 5.74) is 1.24. The normalized spacial score (nSPS) is 28.9. The maximum absolute atomic E-state index is 5.09. The lowest BCUT2D eigenvalue weighted by atomic mass is 10.0. The number of rotatable bonds is 1. The minimum Gasteiger partial charge on any atom is -0.361 e. The summed E-state index contributed by atoms with van der Waals surface area (Å²) in [5, 5.41) is 7.02. The van der Waals surface area contributed by atoms with E-state index < -0.39 is 0 Å². The van der Waals surface area contributed by atoms with E-state index in [2.05, 4.69) is 17.4 Å². The van der Waals surface area contributed by atoms with Gasteiger partial charge < -0.3 is 9.84 Å². The van der Waals surface area contributed by atoms with Crippen LogP contribution in [0.5, 0.6) is 0 Å². The third-order valence-corrected chi connectivity index (χ3v) is 2.40. The molecule has 0 amide bonds. The Bertz CT molecular complexity index is 256. The summed E-state index contributed by atoms with van der Waals surface area (Å²) in [6, 6.07) is 0.441. The van der Waals surface area contributed by atoms with E-state index in [-0.39, 0.29) is 0 Å². The van der Waals surface area contributed by atoms with Gasteiger partial charge in [0.25, 0.3) is 0 Å². The zero-order chi connectivity index (χ0) is 7.84. The van der Waals surface area contributed by atoms with Gasteiger partial charge in [-0.3, -0.25) is 0 Å². The van der Waals surface area contributed by atoms with Gasteiger partial charge in [0, 0.05) is 18.0 Å². The molecule has 0 aliphatic heterocycles. The number of hydrogen-bond acceptors (Lipinski definition) is 3. The van der Waals surface area contributed by atoms with Crippen molar-refractivity contribution in [3.8, 4) is 0 Å². The van der Waals surface area contributed by atoms with Gasteiger partial charge in [-0.2, -0.15) is 0 Å². The molecule has 1 aliphatic carbocycles. The van der Waals surface area contributed by atoms with E-state index in [9.17, 15) is 0 Å². The number of nitrogens with zero attached hydrogens (tertiary/aromatic N) is 1. The maximum atomic E-state index is 5.09. The van der Waals surface area contributed by atoms with Crippen molar-refractivity contribution in [2.75, 3.05) is 7.05 Å². The second-order valence-corrected chi connectivity index (χ2v) is 3.15. The predicted octanol–water partition coefficient (Wildman–Crippen LogP) is 1.13. The molecule has 0 aromatic carbocycles. The first-order valence-corrected chi connectivity index (χ1v) is 3.93. The molecule has 0 saturated carbocycles. The zero-order valence-corrected chi connectivity index (χ0v) is 6.79. The molecule has 60 valence electrons. The van der Waals surface area contributed by atoms with Crippen molar-refractivity contribution >= 4 is 0 Å². The van der Waals surface area contributed by atoms with E-state index in [0.29, 0.717) is 12.0 Å². The first-order chi connectivity index (χ1) is 5.33. The van der Waals surface area contributed by atoms with Crippen LogP contribution in [-0.2, 0) is 6.42 Å². The van der Waals surface area contributed by atoms with E-state index in [1.807, 2.05) is 13.2 Å². The molecule has 0 spiro atoms. The highest BCUT2D eigenvalue weighted by Gasteiger charge is 2.31. The lowest BCUT2D eigenvalue weighted by Gasteiger charge is -2.13. The van der Waals surface area contributed by atoms with Gasteiger partial charge in [-0.05, 0) is 13.0 Å². The van der Waals surface area contributed by atoms with Crippen molar-refractivity contribution in [3.05, 3.63) is 17.5 Å². The van der Waals surface area contributed by atoms with Gasteiger partial charge >= 0.3 is 0 Å². The monoisotopic (exact) mass is 152 g/mol. The fraction of sp³-hybridized carbons (Fsp3) is 0.625. The highest BCUT2D eigenvalue weighted by Crippen LogP contribution is 2.34. The van der Waals surface area contributed by atoms with Crippen LogP contribution in [0.15, 0.2) is 10.7 Å². The Morgan fingerprint density at radius 2 is 2.55 bits per heavy atom. The van der Waals surface area contributed by atoms with Gasteiger partial charge in [-0.15, -0.1) is 0 Å². The molecule has 1 aromatic heterocycles. The molecule has 2 rings (SSSR count). The zero-order valence-electron chi connectivity index (χ0n) is 6.79. The first-order valence-electron chi connectivity index (χ1n) is 3.93. The summed E-state index contributed by atoms with van der Waals surface area (Å²) in [6.45, 7) is 2.22. The van der Waals surface area contributed by atoms with Crippen LogP contribution in [0.25, 0.3) is 0 Å². The minimum absolute atomic E-state index is 0.441. The van der Waals surface area contributed by atoms with Crippen LogP contribution in [0.1, 0.15) is 24.3 Å². The van der Waals surface area contributed by atoms with Crippen molar-refractivity contribution in [1.29, 1.82) is 0 Å². The number of aromatic nitrogens is 1. The molecule has 1 N–H and O–H groups in total. The second kappa shape index (κ2) is 2.34. The molecule has 3 heteroatoms. The predicted molar refractivity (Wildman–Crippen MR) is 41.2 cm³/mol. The molecule has 3 nitrogen and oxygen atoms in total. The van der Waals surface area contributed by atoms with Gasteiger partial charge in [0.2, 0.25) is 0 Å². The topological polar surface area (TPSA) is 38.1 Å². The van der Waals surface area contributed by atoms with Crippen molar-refractivity contribution in [2.24, 2.45) is 5.92 Å². The molecule has 11 heavy (non-hydrogen) atoms. The summed E-state index contributed by atoms with van der Waals surface area (Å²) >= 11 is 0. The molecule has 1 heterocycles. The first kappa shape index (κ1) is 6.85. The lowest BCUT2D eigenvalue weighted by Crippen LogP contribution is -2.19. The summed E-state index contributed by atoms with van der Waals surface area (Å²) < 4.78 is 5.09. The third-order valence-electron chi connectivity index (χ3n) is 2.40. The molecular formula is C8H12N2O. The Kier molecular flexibility index (Phi) is 1.46. The molecule has 0 radical (unpaired) electrons. The van der Waals surface area contributed by atoms with Gasteiger partial charge in [-0.1, -0.05) is 12.1 Å². The van der Waals surface area contributed by atoms with Crippen LogP contribution in [0.3, 0.4) is 0 Å². The number of hydrogen-bond donors (Lipinski definition) is 1. The molecule has 2 unspecified atom stereocenters. The van der Waals surface area contributed by atoms with Gasteiger partial charge in [0.15, 0.2) is 0 Å². The molecule has 0 fully saturated rings. The van der Waals surface area contributed by atoms with Gasteiger partial charge in [0.05, 0.1) is 6.20 Å².